The van der Waals surface area contributed by atoms with E-state index in [2.05, 4.69) is 6.58 Å². The second-order valence-corrected chi connectivity index (χ2v) is 9.87. The Bertz CT molecular complexity index is 1240. The number of unbranched alkanes of at least 4 members (excludes halogenated alkanes) is 1. The highest BCUT2D eigenvalue weighted by Crippen LogP contribution is 2.40. The summed E-state index contributed by atoms with van der Waals surface area (Å²) in [5.41, 5.74) is 0.688. The van der Waals surface area contributed by atoms with E-state index in [-0.39, 0.29) is 29.9 Å². The lowest BCUT2D eigenvalue weighted by Gasteiger charge is -2.19. The number of benzene rings is 2. The predicted octanol–water partition coefficient (Wildman–Crippen LogP) is 4.45. The summed E-state index contributed by atoms with van der Waals surface area (Å²) in [6, 6.07) is 12.6. The Morgan fingerprint density at radius 1 is 0.927 bits per heavy atom. The molecule has 1 saturated carbocycles. The van der Waals surface area contributed by atoms with Crippen LogP contribution in [0.2, 0.25) is 0 Å². The fourth-order valence-electron chi connectivity index (χ4n) is 4.95. The fourth-order valence-corrected chi connectivity index (χ4v) is 4.95. The van der Waals surface area contributed by atoms with E-state index < -0.39 is 42.2 Å². The summed E-state index contributed by atoms with van der Waals surface area (Å²) in [5.74, 6) is -1.65. The minimum absolute atomic E-state index is 0.0915. The van der Waals surface area contributed by atoms with Gasteiger partial charge in [0.1, 0.15) is 29.8 Å². The van der Waals surface area contributed by atoms with E-state index in [0.29, 0.717) is 37.0 Å². The van der Waals surface area contributed by atoms with Gasteiger partial charge in [-0.3, -0.25) is 0 Å². The van der Waals surface area contributed by atoms with Gasteiger partial charge in [-0.15, -0.1) is 0 Å². The summed E-state index contributed by atoms with van der Waals surface area (Å²) in [6.07, 6.45) is 1.78. The third-order valence-corrected chi connectivity index (χ3v) is 7.16. The van der Waals surface area contributed by atoms with Gasteiger partial charge in [-0.05, 0) is 74.2 Å². The molecular weight excluding hydrogens is 532 g/mol. The Morgan fingerprint density at radius 2 is 1.54 bits per heavy atom. The number of ether oxygens (including phenoxy) is 6. The Labute approximate surface area is 238 Å². The monoisotopic (exact) mass is 566 g/mol. The van der Waals surface area contributed by atoms with Gasteiger partial charge >= 0.3 is 23.9 Å². The van der Waals surface area contributed by atoms with Crippen molar-refractivity contribution in [1.82, 2.24) is 0 Å². The first kappa shape index (κ1) is 29.8. The van der Waals surface area contributed by atoms with E-state index >= 15 is 0 Å². The first-order valence-electron chi connectivity index (χ1n) is 13.6. The molecule has 10 heteroatoms. The summed E-state index contributed by atoms with van der Waals surface area (Å²) in [6.45, 7) is 5.51. The van der Waals surface area contributed by atoms with Gasteiger partial charge in [-0.2, -0.15) is 0 Å². The van der Waals surface area contributed by atoms with Gasteiger partial charge in [0, 0.05) is 12.0 Å². The second kappa shape index (κ2) is 13.9. The molecule has 2 aromatic carbocycles. The van der Waals surface area contributed by atoms with E-state index in [0.717, 1.165) is 12.5 Å². The van der Waals surface area contributed by atoms with Gasteiger partial charge in [0.25, 0.3) is 0 Å². The zero-order chi connectivity index (χ0) is 29.4. The lowest BCUT2D eigenvalue weighted by atomic mass is 10.0. The van der Waals surface area contributed by atoms with Crippen LogP contribution in [0.3, 0.4) is 0 Å². The summed E-state index contributed by atoms with van der Waals surface area (Å²) < 4.78 is 32.9. The van der Waals surface area contributed by atoms with E-state index in [4.69, 9.17) is 28.4 Å². The third kappa shape index (κ3) is 7.52. The topological polar surface area (TPSA) is 124 Å². The molecular formula is C31H34O10. The van der Waals surface area contributed by atoms with Crippen molar-refractivity contribution in [1.29, 1.82) is 0 Å². The number of carbonyl (C=O) groups excluding carboxylic acids is 4. The molecule has 0 amide bonds. The standard InChI is InChI=1S/C31H34O10/c1-4-6-7-25(39-27(32)5-2)31(35)38-22-14-10-20(11-15-22)30(34)41-26-18-37-28-23(26)16-17-24(28)40-29(33)19-8-12-21(36-3)13-9-19/h5,8-15,23-26,28H,2,4,6-7,16-18H2,1,3H3/t23-,24-,25?,26-,28+/m1/s1. The quantitative estimate of drug-likeness (QED) is 0.158. The number of methoxy groups -OCH3 is 1. The van der Waals surface area contributed by atoms with Crippen molar-refractivity contribution < 1.29 is 47.6 Å². The van der Waals surface area contributed by atoms with Crippen LogP contribution in [0.25, 0.3) is 0 Å². The van der Waals surface area contributed by atoms with Gasteiger partial charge in [-0.25, -0.2) is 19.2 Å². The van der Waals surface area contributed by atoms with Crippen molar-refractivity contribution in [3.05, 3.63) is 72.3 Å². The smallest absolute Gasteiger partial charge is 0.352 e. The molecule has 5 atom stereocenters. The van der Waals surface area contributed by atoms with Crippen LogP contribution in [0, 0.1) is 5.92 Å². The molecule has 0 N–H and O–H groups in total. The average Bonchev–Trinajstić information content (AvgIpc) is 3.58. The number of hydrogen-bond donors (Lipinski definition) is 0. The normalized spacial score (nSPS) is 21.7. The maximum Gasteiger partial charge on any atom is 0.352 e. The van der Waals surface area contributed by atoms with Crippen LogP contribution in [0.5, 0.6) is 11.5 Å². The van der Waals surface area contributed by atoms with Crippen LogP contribution in [-0.2, 0) is 28.5 Å². The lowest BCUT2D eigenvalue weighted by Crippen LogP contribution is -2.31. The van der Waals surface area contributed by atoms with Crippen LogP contribution in [0.15, 0.2) is 61.2 Å². The summed E-state index contributed by atoms with van der Waals surface area (Å²) in [7, 11) is 1.55. The molecule has 1 aliphatic carbocycles. The van der Waals surface area contributed by atoms with E-state index in [1.807, 2.05) is 6.92 Å². The predicted molar refractivity (Wildman–Crippen MR) is 146 cm³/mol. The Hall–Kier alpha value is -4.18. The maximum atomic E-state index is 12.9. The summed E-state index contributed by atoms with van der Waals surface area (Å²) >= 11 is 0. The molecule has 0 radical (unpaired) electrons. The van der Waals surface area contributed by atoms with E-state index in [1.165, 1.54) is 24.3 Å². The van der Waals surface area contributed by atoms with Gasteiger partial charge in [-0.1, -0.05) is 19.9 Å². The highest BCUT2D eigenvalue weighted by molar-refractivity contribution is 5.90. The minimum atomic E-state index is -1.05. The zero-order valence-electron chi connectivity index (χ0n) is 23.1. The van der Waals surface area contributed by atoms with Gasteiger partial charge in [0.05, 0.1) is 24.8 Å². The molecule has 1 unspecified atom stereocenters. The molecule has 0 spiro atoms. The Kier molecular flexibility index (Phi) is 10.1. The molecule has 218 valence electrons. The summed E-state index contributed by atoms with van der Waals surface area (Å²) in [5, 5.41) is 0. The fraction of sp³-hybridized carbons (Fsp3) is 0.419. The number of hydrogen-bond acceptors (Lipinski definition) is 10. The SMILES string of the molecule is C=CC(=O)OC(CCCC)C(=O)Oc1ccc(C(=O)O[C@@H]2CO[C@H]3[C@@H]2CC[C@H]3OC(=O)c2ccc(OC)cc2)cc1. The highest BCUT2D eigenvalue weighted by atomic mass is 16.6. The average molecular weight is 567 g/mol. The number of fused-ring (bicyclic) bond motifs is 1. The van der Waals surface area contributed by atoms with Crippen molar-refractivity contribution in [3.8, 4) is 11.5 Å². The van der Waals surface area contributed by atoms with Crippen LogP contribution < -0.4 is 9.47 Å². The molecule has 4 rings (SSSR count). The molecule has 1 aliphatic heterocycles. The maximum absolute atomic E-state index is 12.9. The van der Waals surface area contributed by atoms with Gasteiger partial charge in [0.15, 0.2) is 6.10 Å². The van der Waals surface area contributed by atoms with Crippen LogP contribution in [0.4, 0.5) is 0 Å². The van der Waals surface area contributed by atoms with Crippen molar-refractivity contribution >= 4 is 23.9 Å². The molecule has 1 heterocycles. The van der Waals surface area contributed by atoms with Crippen LogP contribution in [-0.4, -0.2) is 62.0 Å². The van der Waals surface area contributed by atoms with E-state index in [1.54, 1.807) is 31.4 Å². The van der Waals surface area contributed by atoms with E-state index in [9.17, 15) is 19.2 Å². The zero-order valence-corrected chi connectivity index (χ0v) is 23.1. The van der Waals surface area contributed by atoms with Gasteiger partial charge in [0.2, 0.25) is 0 Å². The minimum Gasteiger partial charge on any atom is -0.497 e. The lowest BCUT2D eigenvalue weighted by molar-refractivity contribution is -0.159. The molecule has 0 aromatic heterocycles. The van der Waals surface area contributed by atoms with Crippen molar-refractivity contribution in [2.24, 2.45) is 5.92 Å². The van der Waals surface area contributed by atoms with Crippen molar-refractivity contribution in [3.63, 3.8) is 0 Å². The highest BCUT2D eigenvalue weighted by Gasteiger charge is 2.49. The number of carbonyl (C=O) groups is 4. The molecule has 0 bridgehead atoms. The molecule has 1 saturated heterocycles. The van der Waals surface area contributed by atoms with Crippen LogP contribution >= 0.6 is 0 Å². The first-order valence-corrected chi connectivity index (χ1v) is 13.6. The molecule has 2 aliphatic rings. The molecule has 10 nitrogen and oxygen atoms in total. The molecule has 2 aromatic rings. The third-order valence-electron chi connectivity index (χ3n) is 7.16. The van der Waals surface area contributed by atoms with Crippen molar-refractivity contribution in [2.75, 3.05) is 13.7 Å². The Balaban J connectivity index is 1.29. The number of esters is 4. The van der Waals surface area contributed by atoms with Crippen molar-refractivity contribution in [2.45, 2.75) is 63.4 Å². The molecule has 2 fully saturated rings. The largest absolute Gasteiger partial charge is 0.497 e. The Morgan fingerprint density at radius 3 is 2.12 bits per heavy atom. The number of rotatable bonds is 12. The molecule has 41 heavy (non-hydrogen) atoms. The second-order valence-electron chi connectivity index (χ2n) is 9.87. The first-order chi connectivity index (χ1) is 19.8. The van der Waals surface area contributed by atoms with Crippen LogP contribution in [0.1, 0.15) is 59.7 Å². The van der Waals surface area contributed by atoms with Gasteiger partial charge < -0.3 is 28.4 Å². The summed E-state index contributed by atoms with van der Waals surface area (Å²) in [4.78, 5) is 49.6.